The van der Waals surface area contributed by atoms with Crippen molar-refractivity contribution in [3.05, 3.63) is 27.7 Å². The number of halogens is 2. The molecule has 1 atom stereocenters. The van der Waals surface area contributed by atoms with Crippen LogP contribution in [0.3, 0.4) is 0 Å². The highest BCUT2D eigenvalue weighted by Crippen LogP contribution is 2.26. The summed E-state index contributed by atoms with van der Waals surface area (Å²) in [7, 11) is 0. The number of hydrogen-bond donors (Lipinski definition) is 1. The van der Waals surface area contributed by atoms with E-state index in [-0.39, 0.29) is 12.0 Å². The summed E-state index contributed by atoms with van der Waals surface area (Å²) in [5, 5.41) is 3.65. The third kappa shape index (κ3) is 4.21. The molecule has 94 valence electrons. The van der Waals surface area contributed by atoms with Crippen LogP contribution in [0.25, 0.3) is 0 Å². The molecule has 1 aromatic rings. The maximum absolute atomic E-state index is 11.6. The SMILES string of the molecule is CCOC(=O)C(CC)Nc1ccc(Br)cc1Cl. The number of anilines is 1. The predicted octanol–water partition coefficient (Wildman–Crippen LogP) is 3.86. The minimum atomic E-state index is -0.367. The van der Waals surface area contributed by atoms with Crippen molar-refractivity contribution < 1.29 is 9.53 Å². The van der Waals surface area contributed by atoms with Crippen LogP contribution < -0.4 is 5.32 Å². The summed E-state index contributed by atoms with van der Waals surface area (Å²) in [5.74, 6) is -0.256. The number of esters is 1. The average Bonchev–Trinajstić information content (AvgIpc) is 2.28. The van der Waals surface area contributed by atoms with E-state index in [1.807, 2.05) is 19.1 Å². The lowest BCUT2D eigenvalue weighted by Crippen LogP contribution is -2.30. The van der Waals surface area contributed by atoms with E-state index in [0.717, 1.165) is 10.2 Å². The van der Waals surface area contributed by atoms with Gasteiger partial charge in [-0.05, 0) is 31.5 Å². The molecule has 0 spiro atoms. The topological polar surface area (TPSA) is 38.3 Å². The van der Waals surface area contributed by atoms with Crippen LogP contribution in [0.5, 0.6) is 0 Å². The Balaban J connectivity index is 2.77. The molecule has 1 N–H and O–H groups in total. The molecule has 0 heterocycles. The third-order valence-corrected chi connectivity index (χ3v) is 3.05. The monoisotopic (exact) mass is 319 g/mol. The second kappa shape index (κ2) is 6.87. The molecule has 0 fully saturated rings. The van der Waals surface area contributed by atoms with Gasteiger partial charge in [-0.25, -0.2) is 4.79 Å². The minimum Gasteiger partial charge on any atom is -0.464 e. The minimum absolute atomic E-state index is 0.256. The molecule has 1 rings (SSSR count). The largest absolute Gasteiger partial charge is 0.464 e. The molecular weight excluding hydrogens is 305 g/mol. The van der Waals surface area contributed by atoms with Crippen LogP contribution >= 0.6 is 27.5 Å². The molecule has 0 amide bonds. The van der Waals surface area contributed by atoms with Gasteiger partial charge in [0.25, 0.3) is 0 Å². The van der Waals surface area contributed by atoms with Gasteiger partial charge in [0.1, 0.15) is 6.04 Å². The normalized spacial score (nSPS) is 12.0. The van der Waals surface area contributed by atoms with Gasteiger partial charge in [0.15, 0.2) is 0 Å². The highest BCUT2D eigenvalue weighted by molar-refractivity contribution is 9.10. The van der Waals surface area contributed by atoms with Crippen LogP contribution in [0.15, 0.2) is 22.7 Å². The molecule has 0 aliphatic heterocycles. The lowest BCUT2D eigenvalue weighted by atomic mass is 10.2. The van der Waals surface area contributed by atoms with Gasteiger partial charge in [-0.3, -0.25) is 0 Å². The summed E-state index contributed by atoms with van der Waals surface area (Å²) in [6.45, 7) is 4.09. The van der Waals surface area contributed by atoms with Gasteiger partial charge in [-0.2, -0.15) is 0 Å². The van der Waals surface area contributed by atoms with Crippen molar-refractivity contribution in [2.75, 3.05) is 11.9 Å². The summed E-state index contributed by atoms with van der Waals surface area (Å²) in [6.07, 6.45) is 0.644. The Hall–Kier alpha value is -0.740. The number of nitrogens with one attached hydrogen (secondary N) is 1. The molecule has 0 aliphatic rings. The number of carbonyl (C=O) groups excluding carboxylic acids is 1. The zero-order valence-corrected chi connectivity index (χ0v) is 12.1. The maximum atomic E-state index is 11.6. The summed E-state index contributed by atoms with van der Waals surface area (Å²) in [5.41, 5.74) is 0.731. The van der Waals surface area contributed by atoms with Crippen molar-refractivity contribution >= 4 is 39.2 Å². The molecule has 0 aromatic heterocycles. The fraction of sp³-hybridized carbons (Fsp3) is 0.417. The quantitative estimate of drug-likeness (QED) is 0.837. The second-order valence-electron chi connectivity index (χ2n) is 3.48. The second-order valence-corrected chi connectivity index (χ2v) is 4.80. The fourth-order valence-electron chi connectivity index (χ4n) is 1.36. The number of carbonyl (C=O) groups is 1. The van der Waals surface area contributed by atoms with E-state index >= 15 is 0 Å². The van der Waals surface area contributed by atoms with Gasteiger partial charge in [-0.15, -0.1) is 0 Å². The van der Waals surface area contributed by atoms with Crippen LogP contribution in [-0.4, -0.2) is 18.6 Å². The summed E-state index contributed by atoms with van der Waals surface area (Å²) >= 11 is 9.40. The van der Waals surface area contributed by atoms with E-state index in [1.165, 1.54) is 0 Å². The Morgan fingerprint density at radius 2 is 2.24 bits per heavy atom. The molecule has 5 heteroatoms. The molecule has 0 radical (unpaired) electrons. The Bertz CT molecular complexity index is 398. The third-order valence-electron chi connectivity index (χ3n) is 2.24. The summed E-state index contributed by atoms with van der Waals surface area (Å²) in [6, 6.07) is 5.11. The van der Waals surface area contributed by atoms with E-state index in [1.54, 1.807) is 13.0 Å². The van der Waals surface area contributed by atoms with Crippen molar-refractivity contribution in [2.24, 2.45) is 0 Å². The van der Waals surface area contributed by atoms with E-state index in [2.05, 4.69) is 21.2 Å². The van der Waals surface area contributed by atoms with E-state index in [4.69, 9.17) is 16.3 Å². The smallest absolute Gasteiger partial charge is 0.328 e. The van der Waals surface area contributed by atoms with Crippen molar-refractivity contribution in [1.29, 1.82) is 0 Å². The first-order valence-corrected chi connectivity index (χ1v) is 6.63. The highest BCUT2D eigenvalue weighted by Gasteiger charge is 2.18. The van der Waals surface area contributed by atoms with Crippen LogP contribution in [0.1, 0.15) is 20.3 Å². The Labute approximate surface area is 115 Å². The van der Waals surface area contributed by atoms with E-state index in [9.17, 15) is 4.79 Å². The molecule has 1 aromatic carbocycles. The molecule has 0 saturated heterocycles. The fourth-order valence-corrected chi connectivity index (χ4v) is 2.09. The van der Waals surface area contributed by atoms with Crippen molar-refractivity contribution in [2.45, 2.75) is 26.3 Å². The molecule has 0 saturated carbocycles. The van der Waals surface area contributed by atoms with Gasteiger partial charge >= 0.3 is 5.97 Å². The molecule has 3 nitrogen and oxygen atoms in total. The highest BCUT2D eigenvalue weighted by atomic mass is 79.9. The number of benzene rings is 1. The lowest BCUT2D eigenvalue weighted by molar-refractivity contribution is -0.144. The Kier molecular flexibility index (Phi) is 5.78. The van der Waals surface area contributed by atoms with Crippen molar-refractivity contribution in [1.82, 2.24) is 0 Å². The number of rotatable bonds is 5. The van der Waals surface area contributed by atoms with Gasteiger partial charge in [-0.1, -0.05) is 34.5 Å². The number of ether oxygens (including phenoxy) is 1. The first-order chi connectivity index (χ1) is 8.08. The first kappa shape index (κ1) is 14.3. The lowest BCUT2D eigenvalue weighted by Gasteiger charge is -2.17. The average molecular weight is 321 g/mol. The van der Waals surface area contributed by atoms with Gasteiger partial charge in [0.2, 0.25) is 0 Å². The van der Waals surface area contributed by atoms with E-state index < -0.39 is 0 Å². The van der Waals surface area contributed by atoms with Gasteiger partial charge in [0, 0.05) is 4.47 Å². The van der Waals surface area contributed by atoms with Crippen LogP contribution in [-0.2, 0) is 9.53 Å². The number of hydrogen-bond acceptors (Lipinski definition) is 3. The standard InChI is InChI=1S/C12H15BrClNO2/c1-3-10(12(16)17-4-2)15-11-6-5-8(13)7-9(11)14/h5-7,10,15H,3-4H2,1-2H3. The predicted molar refractivity (Wildman–Crippen MR) is 73.5 cm³/mol. The molecule has 1 unspecified atom stereocenters. The van der Waals surface area contributed by atoms with Crippen LogP contribution in [0.2, 0.25) is 5.02 Å². The zero-order valence-electron chi connectivity index (χ0n) is 9.80. The summed E-state index contributed by atoms with van der Waals surface area (Å²) in [4.78, 5) is 11.6. The zero-order chi connectivity index (χ0) is 12.8. The van der Waals surface area contributed by atoms with Gasteiger partial charge < -0.3 is 10.1 Å². The molecule has 0 aliphatic carbocycles. The molecular formula is C12H15BrClNO2. The Morgan fingerprint density at radius 3 is 2.76 bits per heavy atom. The van der Waals surface area contributed by atoms with Crippen molar-refractivity contribution in [3.8, 4) is 0 Å². The first-order valence-electron chi connectivity index (χ1n) is 5.46. The van der Waals surface area contributed by atoms with Crippen LogP contribution in [0.4, 0.5) is 5.69 Å². The maximum Gasteiger partial charge on any atom is 0.328 e. The van der Waals surface area contributed by atoms with Gasteiger partial charge in [0.05, 0.1) is 17.3 Å². The van der Waals surface area contributed by atoms with Crippen LogP contribution in [0, 0.1) is 0 Å². The van der Waals surface area contributed by atoms with Crippen molar-refractivity contribution in [3.63, 3.8) is 0 Å². The summed E-state index contributed by atoms with van der Waals surface area (Å²) < 4.78 is 5.88. The Morgan fingerprint density at radius 1 is 1.53 bits per heavy atom. The van der Waals surface area contributed by atoms with E-state index in [0.29, 0.717) is 18.1 Å². The molecule has 17 heavy (non-hydrogen) atoms. The molecule has 0 bridgehead atoms.